The van der Waals surface area contributed by atoms with Crippen LogP contribution in [0.5, 0.6) is 0 Å². The highest BCUT2D eigenvalue weighted by Gasteiger charge is 2.30. The zero-order valence-corrected chi connectivity index (χ0v) is 18.8. The summed E-state index contributed by atoms with van der Waals surface area (Å²) in [7, 11) is -2.68. The fourth-order valence-corrected chi connectivity index (χ4v) is 5.17. The molecule has 0 spiro atoms. The van der Waals surface area contributed by atoms with Crippen molar-refractivity contribution in [2.45, 2.75) is 11.5 Å². The van der Waals surface area contributed by atoms with Crippen LogP contribution >= 0.6 is 23.2 Å². The van der Waals surface area contributed by atoms with Crippen molar-refractivity contribution < 1.29 is 32.2 Å². The minimum absolute atomic E-state index is 0.0424. The average molecular weight is 488 g/mol. The van der Waals surface area contributed by atoms with Crippen LogP contribution in [0.2, 0.25) is 10.0 Å². The van der Waals surface area contributed by atoms with Crippen molar-refractivity contribution >= 4 is 45.2 Å². The van der Waals surface area contributed by atoms with E-state index in [0.29, 0.717) is 11.1 Å². The molecule has 2 aromatic rings. The maximum atomic E-state index is 13.0. The van der Waals surface area contributed by atoms with E-state index in [-0.39, 0.29) is 53.4 Å². The molecule has 1 aliphatic heterocycles. The SMILES string of the molecule is COC(=O)c1cccc(COC(=O)c2cc(S(=O)(=O)N3CCOCC3)c(Cl)cc2Cl)c1. The van der Waals surface area contributed by atoms with E-state index in [1.54, 1.807) is 18.2 Å². The lowest BCUT2D eigenvalue weighted by molar-refractivity contribution is 0.0472. The van der Waals surface area contributed by atoms with Crippen LogP contribution in [0, 0.1) is 0 Å². The molecule has 0 N–H and O–H groups in total. The van der Waals surface area contributed by atoms with Crippen LogP contribution in [0.15, 0.2) is 41.3 Å². The van der Waals surface area contributed by atoms with Crippen LogP contribution in [0.4, 0.5) is 0 Å². The Balaban J connectivity index is 1.82. The van der Waals surface area contributed by atoms with E-state index in [9.17, 15) is 18.0 Å². The fraction of sp³-hybridized carbons (Fsp3) is 0.300. The number of carbonyl (C=O) groups is 2. The molecule has 1 saturated heterocycles. The van der Waals surface area contributed by atoms with Gasteiger partial charge in [0, 0.05) is 13.1 Å². The molecule has 0 atom stereocenters. The van der Waals surface area contributed by atoms with E-state index >= 15 is 0 Å². The van der Waals surface area contributed by atoms with Gasteiger partial charge >= 0.3 is 11.9 Å². The van der Waals surface area contributed by atoms with Gasteiger partial charge in [-0.3, -0.25) is 0 Å². The Kier molecular flexibility index (Phi) is 7.55. The number of nitrogens with zero attached hydrogens (tertiary/aromatic N) is 1. The number of esters is 2. The van der Waals surface area contributed by atoms with E-state index in [1.807, 2.05) is 0 Å². The van der Waals surface area contributed by atoms with Crippen molar-refractivity contribution in [1.29, 1.82) is 0 Å². The quantitative estimate of drug-likeness (QED) is 0.576. The summed E-state index contributed by atoms with van der Waals surface area (Å²) < 4.78 is 42.3. The number of carbonyl (C=O) groups excluding carboxylic acids is 2. The maximum Gasteiger partial charge on any atom is 0.340 e. The lowest BCUT2D eigenvalue weighted by Crippen LogP contribution is -2.40. The van der Waals surface area contributed by atoms with Crippen molar-refractivity contribution in [1.82, 2.24) is 4.31 Å². The Hall–Kier alpha value is -2.17. The number of methoxy groups -OCH3 is 1. The first kappa shape index (κ1) is 23.5. The first-order chi connectivity index (χ1) is 14.7. The molecular formula is C20H19Cl2NO7S. The van der Waals surface area contributed by atoms with Gasteiger partial charge in [0.05, 0.1) is 41.5 Å². The second-order valence-electron chi connectivity index (χ2n) is 6.55. The Morgan fingerprint density at radius 3 is 2.45 bits per heavy atom. The molecule has 0 bridgehead atoms. The van der Waals surface area contributed by atoms with Crippen molar-refractivity contribution in [2.75, 3.05) is 33.4 Å². The minimum Gasteiger partial charge on any atom is -0.465 e. The smallest absolute Gasteiger partial charge is 0.340 e. The van der Waals surface area contributed by atoms with Crippen LogP contribution in [0.1, 0.15) is 26.3 Å². The topological polar surface area (TPSA) is 99.2 Å². The average Bonchev–Trinajstić information content (AvgIpc) is 2.77. The molecule has 0 saturated carbocycles. The third-order valence-electron chi connectivity index (χ3n) is 4.55. The van der Waals surface area contributed by atoms with Gasteiger partial charge in [-0.15, -0.1) is 0 Å². The number of ether oxygens (including phenoxy) is 3. The number of rotatable bonds is 6. The number of morpholine rings is 1. The summed E-state index contributed by atoms with van der Waals surface area (Å²) in [5, 5.41) is -0.141. The number of sulfonamides is 1. The monoisotopic (exact) mass is 487 g/mol. The highest BCUT2D eigenvalue weighted by molar-refractivity contribution is 7.89. The molecule has 3 rings (SSSR count). The molecule has 166 valence electrons. The number of halogens is 2. The van der Waals surface area contributed by atoms with Gasteiger partial charge in [0.2, 0.25) is 10.0 Å². The fourth-order valence-electron chi connectivity index (χ4n) is 2.94. The van der Waals surface area contributed by atoms with Crippen molar-refractivity contribution in [3.8, 4) is 0 Å². The van der Waals surface area contributed by atoms with Gasteiger partial charge in [0.15, 0.2) is 0 Å². The predicted octanol–water partition coefficient (Wildman–Crippen LogP) is 3.16. The van der Waals surface area contributed by atoms with E-state index in [2.05, 4.69) is 4.74 Å². The van der Waals surface area contributed by atoms with Crippen LogP contribution in [-0.2, 0) is 30.8 Å². The standard InChI is InChI=1S/C20H19Cl2NO7S/c1-28-19(24)14-4-2-3-13(9-14)12-30-20(25)15-10-18(17(22)11-16(15)21)31(26,27)23-5-7-29-8-6-23/h2-4,9-11H,5-8,12H2,1H3. The number of hydrogen-bond acceptors (Lipinski definition) is 7. The summed E-state index contributed by atoms with van der Waals surface area (Å²) in [6, 6.07) is 8.69. The molecule has 0 unspecified atom stereocenters. The van der Waals surface area contributed by atoms with Crippen LogP contribution in [0.25, 0.3) is 0 Å². The first-order valence-electron chi connectivity index (χ1n) is 9.15. The van der Waals surface area contributed by atoms with Gasteiger partial charge in [-0.25, -0.2) is 18.0 Å². The summed E-state index contributed by atoms with van der Waals surface area (Å²) in [6.07, 6.45) is 0. The summed E-state index contributed by atoms with van der Waals surface area (Å²) in [4.78, 5) is 24.0. The van der Waals surface area contributed by atoms with Gasteiger partial charge in [-0.2, -0.15) is 4.31 Å². The van der Waals surface area contributed by atoms with Crippen molar-refractivity contribution in [3.05, 3.63) is 63.1 Å². The molecule has 11 heteroatoms. The van der Waals surface area contributed by atoms with E-state index in [0.717, 1.165) is 6.07 Å². The van der Waals surface area contributed by atoms with E-state index in [1.165, 1.54) is 23.5 Å². The summed E-state index contributed by atoms with van der Waals surface area (Å²) in [5.41, 5.74) is 0.712. The summed E-state index contributed by atoms with van der Waals surface area (Å²) >= 11 is 12.3. The summed E-state index contributed by atoms with van der Waals surface area (Å²) in [5.74, 6) is -1.35. The molecule has 1 heterocycles. The Morgan fingerprint density at radius 1 is 1.06 bits per heavy atom. The number of benzene rings is 2. The zero-order valence-electron chi connectivity index (χ0n) is 16.5. The molecule has 0 radical (unpaired) electrons. The molecule has 0 aromatic heterocycles. The molecule has 1 fully saturated rings. The molecule has 2 aromatic carbocycles. The van der Waals surface area contributed by atoms with Gasteiger partial charge in [-0.05, 0) is 29.8 Å². The van der Waals surface area contributed by atoms with Crippen LogP contribution in [-0.4, -0.2) is 58.1 Å². The van der Waals surface area contributed by atoms with Crippen molar-refractivity contribution in [3.63, 3.8) is 0 Å². The van der Waals surface area contributed by atoms with Gasteiger partial charge < -0.3 is 14.2 Å². The largest absolute Gasteiger partial charge is 0.465 e. The molecular weight excluding hydrogens is 469 g/mol. The molecule has 1 aliphatic rings. The normalized spacial score (nSPS) is 14.8. The Morgan fingerprint density at radius 2 is 1.77 bits per heavy atom. The van der Waals surface area contributed by atoms with Crippen LogP contribution in [0.3, 0.4) is 0 Å². The third kappa shape index (κ3) is 5.36. The first-order valence-corrected chi connectivity index (χ1v) is 11.3. The van der Waals surface area contributed by atoms with E-state index < -0.39 is 22.0 Å². The van der Waals surface area contributed by atoms with Crippen molar-refractivity contribution in [2.24, 2.45) is 0 Å². The molecule has 0 aliphatic carbocycles. The van der Waals surface area contributed by atoms with Gasteiger partial charge in [0.1, 0.15) is 11.5 Å². The zero-order chi connectivity index (χ0) is 22.6. The molecule has 0 amide bonds. The Labute approximate surface area is 189 Å². The number of hydrogen-bond donors (Lipinski definition) is 0. The second kappa shape index (κ2) is 9.97. The van der Waals surface area contributed by atoms with Gasteiger partial charge in [0.25, 0.3) is 0 Å². The predicted molar refractivity (Wildman–Crippen MR) is 113 cm³/mol. The van der Waals surface area contributed by atoms with Gasteiger partial charge in [-0.1, -0.05) is 35.3 Å². The lowest BCUT2D eigenvalue weighted by Gasteiger charge is -2.26. The third-order valence-corrected chi connectivity index (χ3v) is 7.22. The van der Waals surface area contributed by atoms with E-state index in [4.69, 9.17) is 32.7 Å². The lowest BCUT2D eigenvalue weighted by atomic mass is 10.1. The Bertz CT molecular complexity index is 1100. The second-order valence-corrected chi connectivity index (χ2v) is 9.27. The molecule has 8 nitrogen and oxygen atoms in total. The highest BCUT2D eigenvalue weighted by atomic mass is 35.5. The minimum atomic E-state index is -3.95. The summed E-state index contributed by atoms with van der Waals surface area (Å²) in [6.45, 7) is 0.733. The van der Waals surface area contributed by atoms with Crippen LogP contribution < -0.4 is 0 Å². The maximum absolute atomic E-state index is 13.0. The molecule has 31 heavy (non-hydrogen) atoms. The highest BCUT2D eigenvalue weighted by Crippen LogP contribution is 2.31.